The number of rotatable bonds is 0. The van der Waals surface area contributed by atoms with Crippen LogP contribution in [0.1, 0.15) is 41.5 Å². The summed E-state index contributed by atoms with van der Waals surface area (Å²) in [6.45, 7) is 0. The topological polar surface area (TPSA) is 0 Å². The van der Waals surface area contributed by atoms with Crippen LogP contribution in [0.2, 0.25) is 0 Å². The fraction of sp³-hybridized carbons (Fsp3) is 0.273. The third-order valence-electron chi connectivity index (χ3n) is 6.10. The maximum absolute atomic E-state index is 2.39. The monoisotopic (exact) mass is 282 g/mol. The smallest absolute Gasteiger partial charge is 0.00210 e. The molecule has 0 N–H and O–H groups in total. The summed E-state index contributed by atoms with van der Waals surface area (Å²) in [4.78, 5) is 0. The second-order valence-corrected chi connectivity index (χ2v) is 7.12. The van der Waals surface area contributed by atoms with E-state index in [1.54, 1.807) is 43.6 Å². The summed E-state index contributed by atoms with van der Waals surface area (Å²) >= 11 is 0. The van der Waals surface area contributed by atoms with E-state index in [1.165, 1.54) is 43.1 Å². The summed E-state index contributed by atoms with van der Waals surface area (Å²) in [6, 6.07) is 9.39. The molecular formula is C22H18. The van der Waals surface area contributed by atoms with E-state index in [9.17, 15) is 0 Å². The zero-order valence-electron chi connectivity index (χ0n) is 12.7. The van der Waals surface area contributed by atoms with Crippen LogP contribution >= 0.6 is 0 Å². The zero-order chi connectivity index (χ0) is 14.3. The predicted octanol–water partition coefficient (Wildman–Crippen LogP) is 4.71. The molecule has 0 atom stereocenters. The molecule has 3 aliphatic rings. The molecule has 0 fully saturated rings. The first-order valence-corrected chi connectivity index (χ1v) is 8.62. The molecule has 0 bridgehead atoms. The van der Waals surface area contributed by atoms with Gasteiger partial charge in [-0.3, -0.25) is 0 Å². The summed E-state index contributed by atoms with van der Waals surface area (Å²) in [5, 5.41) is 7.85. The Hall–Kier alpha value is -2.08. The first-order valence-electron chi connectivity index (χ1n) is 8.62. The Kier molecular flexibility index (Phi) is 1.99. The highest BCUT2D eigenvalue weighted by Crippen LogP contribution is 2.40. The lowest BCUT2D eigenvalue weighted by molar-refractivity contribution is 0.779. The minimum absolute atomic E-state index is 1.13. The van der Waals surface area contributed by atoms with E-state index in [-0.39, 0.29) is 0 Å². The molecule has 22 heavy (non-hydrogen) atoms. The summed E-state index contributed by atoms with van der Waals surface area (Å²) in [6.07, 6.45) is 12.3. The number of fused-ring (bicyclic) bond motifs is 1. The van der Waals surface area contributed by atoms with Gasteiger partial charge >= 0.3 is 0 Å². The molecule has 0 nitrogen and oxygen atoms in total. The number of hydrogen-bond acceptors (Lipinski definition) is 0. The van der Waals surface area contributed by atoms with E-state index in [0.29, 0.717) is 0 Å². The molecule has 3 aromatic carbocycles. The van der Waals surface area contributed by atoms with Crippen LogP contribution in [-0.4, -0.2) is 0 Å². The predicted molar refractivity (Wildman–Crippen MR) is 94.1 cm³/mol. The second kappa shape index (κ2) is 3.81. The molecule has 3 aliphatic carbocycles. The highest BCUT2D eigenvalue weighted by molar-refractivity contribution is 6.16. The van der Waals surface area contributed by atoms with E-state index in [2.05, 4.69) is 36.4 Å². The summed E-state index contributed by atoms with van der Waals surface area (Å²) in [7, 11) is 0. The number of allylic oxidation sites excluding steroid dienone is 1. The largest absolute Gasteiger partial charge is 0.0795 e. The first kappa shape index (κ1) is 11.5. The molecule has 0 saturated heterocycles. The maximum Gasteiger partial charge on any atom is -0.00210 e. The van der Waals surface area contributed by atoms with Gasteiger partial charge in [0.2, 0.25) is 0 Å². The molecule has 0 radical (unpaired) electrons. The van der Waals surface area contributed by atoms with Gasteiger partial charge in [0.15, 0.2) is 0 Å². The lowest BCUT2D eigenvalue weighted by Gasteiger charge is -2.29. The Labute approximate surface area is 130 Å². The van der Waals surface area contributed by atoms with Gasteiger partial charge in [-0.2, -0.15) is 0 Å². The maximum atomic E-state index is 2.39. The molecule has 6 rings (SSSR count). The highest BCUT2D eigenvalue weighted by Gasteiger charge is 2.25. The molecule has 0 unspecified atom stereocenters. The van der Waals surface area contributed by atoms with Crippen LogP contribution in [0.15, 0.2) is 30.3 Å². The first-order chi connectivity index (χ1) is 10.9. The second-order valence-electron chi connectivity index (χ2n) is 7.12. The summed E-state index contributed by atoms with van der Waals surface area (Å²) in [5.41, 5.74) is 8.11. The van der Waals surface area contributed by atoms with E-state index in [4.69, 9.17) is 0 Å². The van der Waals surface area contributed by atoms with Crippen LogP contribution in [0.4, 0.5) is 0 Å². The van der Waals surface area contributed by atoms with E-state index in [1.807, 2.05) is 0 Å². The summed E-state index contributed by atoms with van der Waals surface area (Å²) < 4.78 is 0. The van der Waals surface area contributed by atoms with Crippen molar-refractivity contribution in [2.45, 2.75) is 38.5 Å². The van der Waals surface area contributed by atoms with Crippen LogP contribution in [0.5, 0.6) is 0 Å². The Balaban J connectivity index is 2.05. The average molecular weight is 282 g/mol. The van der Waals surface area contributed by atoms with Crippen molar-refractivity contribution in [1.29, 1.82) is 0 Å². The molecule has 0 amide bonds. The van der Waals surface area contributed by atoms with E-state index in [0.717, 1.165) is 6.42 Å². The third-order valence-corrected chi connectivity index (χ3v) is 6.10. The molecule has 0 spiro atoms. The van der Waals surface area contributed by atoms with Gasteiger partial charge in [-0.15, -0.1) is 0 Å². The Morgan fingerprint density at radius 1 is 0.727 bits per heavy atom. The molecule has 106 valence electrons. The Bertz CT molecular complexity index is 1060. The average Bonchev–Trinajstić information content (AvgIpc) is 2.59. The van der Waals surface area contributed by atoms with Crippen molar-refractivity contribution in [2.24, 2.45) is 0 Å². The van der Waals surface area contributed by atoms with Crippen LogP contribution in [0.3, 0.4) is 0 Å². The van der Waals surface area contributed by atoms with Gasteiger partial charge in [0.25, 0.3) is 0 Å². The SMILES string of the molecule is C1=Cc2ccc3ccc4c5c6c(c(c2c35)C1)CCCC=6CC4. The van der Waals surface area contributed by atoms with Crippen LogP contribution in [-0.2, 0) is 19.3 Å². The molecular weight excluding hydrogens is 264 g/mol. The van der Waals surface area contributed by atoms with Gasteiger partial charge in [0, 0.05) is 0 Å². The standard InChI is InChI=1S/C22H18/c1-3-13-7-9-15-11-12-16-10-8-14-4-2-6-18-17(5-1)19(13)21(15)22(16)20(14)18/h1,3,7,9,11-12H,2,4-6,8,10H2. The van der Waals surface area contributed by atoms with Crippen molar-refractivity contribution in [1.82, 2.24) is 0 Å². The lowest BCUT2D eigenvalue weighted by atomic mass is 9.75. The highest BCUT2D eigenvalue weighted by atomic mass is 14.3. The molecule has 0 heterocycles. The fourth-order valence-corrected chi connectivity index (χ4v) is 5.22. The third kappa shape index (κ3) is 1.22. The van der Waals surface area contributed by atoms with Crippen molar-refractivity contribution < 1.29 is 0 Å². The minimum atomic E-state index is 1.13. The van der Waals surface area contributed by atoms with Gasteiger partial charge in [0.1, 0.15) is 0 Å². The van der Waals surface area contributed by atoms with Crippen molar-refractivity contribution in [3.8, 4) is 0 Å². The molecule has 0 heteroatoms. The van der Waals surface area contributed by atoms with Crippen LogP contribution < -0.4 is 5.22 Å². The van der Waals surface area contributed by atoms with E-state index >= 15 is 0 Å². The normalized spacial score (nSPS) is 18.5. The molecule has 0 aromatic heterocycles. The zero-order valence-corrected chi connectivity index (χ0v) is 12.7. The van der Waals surface area contributed by atoms with Crippen molar-refractivity contribution >= 4 is 33.2 Å². The van der Waals surface area contributed by atoms with Crippen molar-refractivity contribution in [3.63, 3.8) is 0 Å². The molecule has 3 aromatic rings. The Morgan fingerprint density at radius 3 is 2.68 bits per heavy atom. The summed E-state index contributed by atoms with van der Waals surface area (Å²) in [5.74, 6) is 0. The molecule has 0 aliphatic heterocycles. The van der Waals surface area contributed by atoms with E-state index < -0.39 is 0 Å². The molecule has 0 saturated carbocycles. The van der Waals surface area contributed by atoms with Gasteiger partial charge in [-0.1, -0.05) is 42.0 Å². The number of benzene rings is 3. The fourth-order valence-electron chi connectivity index (χ4n) is 5.22. The van der Waals surface area contributed by atoms with Crippen LogP contribution in [0, 0.1) is 0 Å². The van der Waals surface area contributed by atoms with Crippen molar-refractivity contribution in [3.05, 3.63) is 57.8 Å². The van der Waals surface area contributed by atoms with Crippen molar-refractivity contribution in [2.75, 3.05) is 0 Å². The number of hydrogen-bond donors (Lipinski definition) is 0. The van der Waals surface area contributed by atoms with Gasteiger partial charge in [-0.05, 0) is 87.5 Å². The van der Waals surface area contributed by atoms with Gasteiger partial charge in [-0.25, -0.2) is 0 Å². The lowest BCUT2D eigenvalue weighted by Crippen LogP contribution is -2.26. The minimum Gasteiger partial charge on any atom is -0.0795 e. The number of aryl methyl sites for hydroxylation is 1. The van der Waals surface area contributed by atoms with Gasteiger partial charge in [0.05, 0.1) is 0 Å². The quantitative estimate of drug-likeness (QED) is 0.560. The van der Waals surface area contributed by atoms with Gasteiger partial charge < -0.3 is 0 Å². The Morgan fingerprint density at radius 2 is 1.68 bits per heavy atom. The van der Waals surface area contributed by atoms with Crippen LogP contribution in [0.25, 0.3) is 33.2 Å².